The van der Waals surface area contributed by atoms with E-state index in [9.17, 15) is 52.7 Å². The molecule has 5 nitrogen and oxygen atoms in total. The number of carbonyl (C=O) groups excluding carboxylic acids is 1. The van der Waals surface area contributed by atoms with Gasteiger partial charge >= 0.3 is 39.3 Å². The molecule has 0 rings (SSSR count). The first-order valence-corrected chi connectivity index (χ1v) is 7.87. The first-order chi connectivity index (χ1) is 11.3. The van der Waals surface area contributed by atoms with Crippen LogP contribution in [0.15, 0.2) is 12.3 Å². The van der Waals surface area contributed by atoms with Crippen molar-refractivity contribution in [2.45, 2.75) is 37.1 Å². The standard InChI is InChI=1S/C11H12F9NO4S/c1-4-21(6(3)7(22)25-5-2)26(23,24)11(19,20)9(14,15)8(12,13)10(16,17)18/h3-5H2,1-2H3. The maximum Gasteiger partial charge on any atom is 0.460 e. The number of rotatable bonds is 8. The molecule has 0 aromatic rings. The van der Waals surface area contributed by atoms with Crippen LogP contribution in [-0.4, -0.2) is 55.1 Å². The summed E-state index contributed by atoms with van der Waals surface area (Å²) >= 11 is 0. The van der Waals surface area contributed by atoms with E-state index in [0.29, 0.717) is 6.92 Å². The van der Waals surface area contributed by atoms with Crippen LogP contribution in [0.4, 0.5) is 39.5 Å². The number of likely N-dealkylation sites (N-methyl/N-ethyl adjacent to an activating group) is 1. The Morgan fingerprint density at radius 1 is 0.962 bits per heavy atom. The number of carbonyl (C=O) groups is 1. The summed E-state index contributed by atoms with van der Waals surface area (Å²) in [6.07, 6.45) is -7.19. The second kappa shape index (κ2) is 7.15. The van der Waals surface area contributed by atoms with Crippen LogP contribution in [0.25, 0.3) is 0 Å². The number of nitrogens with zero attached hydrogens (tertiary/aromatic N) is 1. The highest BCUT2D eigenvalue weighted by Gasteiger charge is 2.86. The zero-order valence-electron chi connectivity index (χ0n) is 13.0. The van der Waals surface area contributed by atoms with Gasteiger partial charge in [-0.25, -0.2) is 4.79 Å². The van der Waals surface area contributed by atoms with Crippen molar-refractivity contribution in [2.24, 2.45) is 0 Å². The molecule has 0 aliphatic carbocycles. The van der Waals surface area contributed by atoms with E-state index in [-0.39, 0.29) is 0 Å². The SMILES string of the molecule is C=C(C(=O)OCC)N(CC)S(=O)(=O)C(F)(F)C(F)(F)C(F)(F)C(F)(F)F. The summed E-state index contributed by atoms with van der Waals surface area (Å²) in [5.41, 5.74) is -1.49. The molecule has 0 N–H and O–H groups in total. The molecule has 26 heavy (non-hydrogen) atoms. The van der Waals surface area contributed by atoms with Crippen molar-refractivity contribution in [3.63, 3.8) is 0 Å². The fraction of sp³-hybridized carbons (Fsp3) is 0.727. The van der Waals surface area contributed by atoms with Gasteiger partial charge in [-0.1, -0.05) is 6.58 Å². The van der Waals surface area contributed by atoms with Crippen molar-refractivity contribution in [2.75, 3.05) is 13.2 Å². The zero-order chi connectivity index (χ0) is 21.4. The fourth-order valence-electron chi connectivity index (χ4n) is 1.48. The lowest BCUT2D eigenvalue weighted by Gasteiger charge is -2.36. The Balaban J connectivity index is 6.32. The normalized spacial score (nSPS) is 14.1. The van der Waals surface area contributed by atoms with Gasteiger partial charge in [-0.2, -0.15) is 47.9 Å². The van der Waals surface area contributed by atoms with Crippen molar-refractivity contribution in [1.82, 2.24) is 4.31 Å². The van der Waals surface area contributed by atoms with Gasteiger partial charge in [-0.05, 0) is 13.8 Å². The van der Waals surface area contributed by atoms with E-state index in [2.05, 4.69) is 11.3 Å². The largest absolute Gasteiger partial charge is 0.461 e. The third-order valence-corrected chi connectivity index (χ3v) is 4.79. The van der Waals surface area contributed by atoms with Gasteiger partial charge in [-0.15, -0.1) is 0 Å². The summed E-state index contributed by atoms with van der Waals surface area (Å²) < 4.78 is 143. The van der Waals surface area contributed by atoms with E-state index in [0.717, 1.165) is 0 Å². The van der Waals surface area contributed by atoms with Gasteiger partial charge in [-0.3, -0.25) is 4.31 Å². The Labute approximate surface area is 141 Å². The smallest absolute Gasteiger partial charge is 0.460 e. The van der Waals surface area contributed by atoms with Crippen LogP contribution in [0.2, 0.25) is 0 Å². The molecule has 0 radical (unpaired) electrons. The number of halogens is 9. The average molecular weight is 425 g/mol. The Kier molecular flexibility index (Phi) is 6.69. The lowest BCUT2D eigenvalue weighted by Crippen LogP contribution is -2.65. The predicted octanol–water partition coefficient (Wildman–Crippen LogP) is 3.14. The molecule has 0 fully saturated rings. The average Bonchev–Trinajstić information content (AvgIpc) is 2.45. The Hall–Kier alpha value is -1.67. The fourth-order valence-corrected chi connectivity index (χ4v) is 2.92. The molecule has 154 valence electrons. The predicted molar refractivity (Wildman–Crippen MR) is 68.0 cm³/mol. The first kappa shape index (κ1) is 24.3. The van der Waals surface area contributed by atoms with Gasteiger partial charge < -0.3 is 4.74 Å². The lowest BCUT2D eigenvalue weighted by atomic mass is 10.1. The molecule has 0 heterocycles. The highest BCUT2D eigenvalue weighted by molar-refractivity contribution is 7.90. The zero-order valence-corrected chi connectivity index (χ0v) is 13.8. The van der Waals surface area contributed by atoms with Gasteiger partial charge in [0.1, 0.15) is 5.70 Å². The molecule has 0 unspecified atom stereocenters. The maximum atomic E-state index is 13.7. The van der Waals surface area contributed by atoms with Crippen molar-refractivity contribution in [3.8, 4) is 0 Å². The number of sulfonamides is 1. The van der Waals surface area contributed by atoms with Crippen LogP contribution in [0.3, 0.4) is 0 Å². The van der Waals surface area contributed by atoms with Crippen molar-refractivity contribution in [1.29, 1.82) is 0 Å². The van der Waals surface area contributed by atoms with Gasteiger partial charge in [0.2, 0.25) is 0 Å². The van der Waals surface area contributed by atoms with Crippen LogP contribution in [0.5, 0.6) is 0 Å². The van der Waals surface area contributed by atoms with Crippen LogP contribution >= 0.6 is 0 Å². The minimum atomic E-state index is -7.40. The molecule has 0 spiro atoms. The van der Waals surface area contributed by atoms with Gasteiger partial charge in [0.05, 0.1) is 6.61 Å². The number of hydrogen-bond donors (Lipinski definition) is 0. The minimum Gasteiger partial charge on any atom is -0.461 e. The molecule has 15 heteroatoms. The minimum absolute atomic E-state index is 0.436. The van der Waals surface area contributed by atoms with Crippen molar-refractivity contribution >= 4 is 16.0 Å². The molecular weight excluding hydrogens is 413 g/mol. The molecule has 0 saturated heterocycles. The quantitative estimate of drug-likeness (QED) is 0.341. The third kappa shape index (κ3) is 3.57. The van der Waals surface area contributed by atoms with E-state index >= 15 is 0 Å². The summed E-state index contributed by atoms with van der Waals surface area (Å²) in [7, 11) is -6.94. The van der Waals surface area contributed by atoms with E-state index in [1.54, 1.807) is 0 Å². The monoisotopic (exact) mass is 425 g/mol. The molecule has 0 aliphatic rings. The Bertz CT molecular complexity index is 657. The molecule has 0 aromatic carbocycles. The summed E-state index contributed by atoms with van der Waals surface area (Å²) in [6.45, 7) is 2.94. The van der Waals surface area contributed by atoms with Gasteiger partial charge in [0.15, 0.2) is 0 Å². The lowest BCUT2D eigenvalue weighted by molar-refractivity contribution is -0.382. The number of ether oxygens (including phenoxy) is 1. The molecule has 0 atom stereocenters. The second-order valence-electron chi connectivity index (χ2n) is 4.50. The topological polar surface area (TPSA) is 63.7 Å². The number of hydrogen-bond acceptors (Lipinski definition) is 4. The van der Waals surface area contributed by atoms with Gasteiger partial charge in [0, 0.05) is 6.54 Å². The molecule has 0 amide bonds. The molecular formula is C11H12F9NO4S. The van der Waals surface area contributed by atoms with E-state index in [4.69, 9.17) is 0 Å². The van der Waals surface area contributed by atoms with Crippen LogP contribution < -0.4 is 0 Å². The summed E-state index contributed by atoms with van der Waals surface area (Å²) in [5.74, 6) is -16.5. The Morgan fingerprint density at radius 3 is 1.69 bits per heavy atom. The maximum absolute atomic E-state index is 13.7. The van der Waals surface area contributed by atoms with Crippen LogP contribution in [0.1, 0.15) is 13.8 Å². The van der Waals surface area contributed by atoms with Crippen LogP contribution in [0, 0.1) is 0 Å². The van der Waals surface area contributed by atoms with E-state index in [1.807, 2.05) is 0 Å². The number of esters is 1. The van der Waals surface area contributed by atoms with Gasteiger partial charge in [0.25, 0.3) is 0 Å². The van der Waals surface area contributed by atoms with Crippen molar-refractivity contribution < 1.29 is 57.5 Å². The second-order valence-corrected chi connectivity index (χ2v) is 6.40. The van der Waals surface area contributed by atoms with Crippen molar-refractivity contribution in [3.05, 3.63) is 12.3 Å². The third-order valence-electron chi connectivity index (χ3n) is 2.83. The molecule has 0 aromatic heterocycles. The first-order valence-electron chi connectivity index (χ1n) is 6.43. The van der Waals surface area contributed by atoms with E-state index in [1.165, 1.54) is 6.92 Å². The summed E-state index contributed by atoms with van der Waals surface area (Å²) in [6, 6.07) is 0. The summed E-state index contributed by atoms with van der Waals surface area (Å²) in [5, 5.41) is -6.95. The molecule has 0 aliphatic heterocycles. The molecule has 0 saturated carbocycles. The van der Waals surface area contributed by atoms with E-state index < -0.39 is 62.4 Å². The highest BCUT2D eigenvalue weighted by atomic mass is 32.2. The number of alkyl halides is 9. The molecule has 0 bridgehead atoms. The highest BCUT2D eigenvalue weighted by Crippen LogP contribution is 2.55. The summed E-state index contributed by atoms with van der Waals surface area (Å²) in [4.78, 5) is 11.3. The van der Waals surface area contributed by atoms with Crippen LogP contribution in [-0.2, 0) is 19.6 Å². The Morgan fingerprint density at radius 2 is 1.38 bits per heavy atom.